The molecule has 0 spiro atoms. The highest BCUT2D eigenvalue weighted by Gasteiger charge is 2.29. The van der Waals surface area contributed by atoms with Crippen molar-refractivity contribution in [2.75, 3.05) is 26.4 Å². The molecule has 5 aromatic rings. The van der Waals surface area contributed by atoms with Gasteiger partial charge in [0.1, 0.15) is 34.7 Å². The molecule has 2 aromatic heterocycles. The molecule has 1 fully saturated rings. The van der Waals surface area contributed by atoms with Gasteiger partial charge >= 0.3 is 5.97 Å². The van der Waals surface area contributed by atoms with Gasteiger partial charge in [-0.3, -0.25) is 0 Å². The van der Waals surface area contributed by atoms with Crippen LogP contribution in [0.1, 0.15) is 71.6 Å². The number of phenolic OH excluding ortho intramolecular Hbond substituents is 1. The smallest absolute Gasteiger partial charge is 0.339 e. The van der Waals surface area contributed by atoms with E-state index in [1.165, 1.54) is 44.4 Å². The van der Waals surface area contributed by atoms with Crippen molar-refractivity contribution < 1.29 is 38.4 Å². The van der Waals surface area contributed by atoms with Gasteiger partial charge in [-0.05, 0) is 53.8 Å². The first-order chi connectivity index (χ1) is 22.9. The molecule has 1 saturated carbocycles. The number of furan rings is 1. The number of ether oxygens (including phenoxy) is 2. The number of aromatic hydroxyl groups is 1. The number of phenols is 1. The van der Waals surface area contributed by atoms with Gasteiger partial charge in [0.05, 0.1) is 25.9 Å². The lowest BCUT2D eigenvalue weighted by Crippen LogP contribution is -2.26. The maximum absolute atomic E-state index is 14.1. The predicted octanol–water partition coefficient (Wildman–Crippen LogP) is 7.17. The Morgan fingerprint density at radius 3 is 2.66 bits per heavy atom. The van der Waals surface area contributed by atoms with E-state index in [1.807, 2.05) is 0 Å². The molecule has 10 heteroatoms. The van der Waals surface area contributed by atoms with Crippen LogP contribution >= 0.6 is 0 Å². The molecule has 6 rings (SSSR count). The third-order valence-corrected chi connectivity index (χ3v) is 8.98. The Morgan fingerprint density at radius 2 is 1.87 bits per heavy atom. The number of hydrogen-bond donors (Lipinski definition) is 4. The summed E-state index contributed by atoms with van der Waals surface area (Å²) in [6.45, 7) is 0.683. The standard InChI is InChI=1S/C37H39FN2O7/c38-30-9-5-4-8-24(30)14-19-46-31-20-25(12-15-39-31)34(40-16-17-41)33-32-29(37(43)44)22-47-36(32)28-21-26(10-11-27(28)35(33)42)45-18-13-23-6-2-1-3-7-23/h4-5,8-12,15,20-23,34,40-42H,1-3,6-7,13-14,16-19H2,(H,43,44). The number of aliphatic hydroxyl groups is 1. The minimum Gasteiger partial charge on any atom is -0.507 e. The Labute approximate surface area is 272 Å². The number of aromatic carboxylic acids is 1. The first kappa shape index (κ1) is 32.3. The van der Waals surface area contributed by atoms with E-state index >= 15 is 0 Å². The number of aromatic nitrogens is 1. The third-order valence-electron chi connectivity index (χ3n) is 8.98. The Bertz CT molecular complexity index is 1850. The van der Waals surface area contributed by atoms with Crippen LogP contribution in [0.5, 0.6) is 17.4 Å². The van der Waals surface area contributed by atoms with Gasteiger partial charge in [-0.2, -0.15) is 0 Å². The van der Waals surface area contributed by atoms with Crippen molar-refractivity contribution in [3.8, 4) is 17.4 Å². The second-order valence-electron chi connectivity index (χ2n) is 12.0. The SMILES string of the molecule is O=C(O)c1coc2c1c(C(NCCO)c1ccnc(OCCc3ccccc3F)c1)c(O)c1ccc(OCCC3CCCCC3)cc12. The van der Waals surface area contributed by atoms with Crippen LogP contribution in [-0.4, -0.2) is 52.6 Å². The van der Waals surface area contributed by atoms with Crippen LogP contribution in [-0.2, 0) is 6.42 Å². The summed E-state index contributed by atoms with van der Waals surface area (Å²) >= 11 is 0. The largest absolute Gasteiger partial charge is 0.507 e. The Hall–Kier alpha value is -4.67. The number of fused-ring (bicyclic) bond motifs is 3. The van der Waals surface area contributed by atoms with Crippen molar-refractivity contribution in [1.29, 1.82) is 0 Å². The molecule has 1 aliphatic rings. The van der Waals surface area contributed by atoms with Gasteiger partial charge in [-0.25, -0.2) is 14.2 Å². The molecular formula is C37H39FN2O7. The number of nitrogens with zero attached hydrogens (tertiary/aromatic N) is 1. The second-order valence-corrected chi connectivity index (χ2v) is 12.0. The van der Waals surface area contributed by atoms with Crippen molar-refractivity contribution in [3.63, 3.8) is 0 Å². The van der Waals surface area contributed by atoms with E-state index < -0.39 is 12.0 Å². The molecular weight excluding hydrogens is 603 g/mol. The van der Waals surface area contributed by atoms with Crippen molar-refractivity contribution in [3.05, 3.63) is 95.1 Å². The fourth-order valence-electron chi connectivity index (χ4n) is 6.60. The summed E-state index contributed by atoms with van der Waals surface area (Å²) in [6.07, 6.45) is 10.3. The quantitative estimate of drug-likeness (QED) is 0.0995. The molecule has 3 aromatic carbocycles. The minimum atomic E-state index is -1.21. The Kier molecular flexibility index (Phi) is 10.2. The van der Waals surface area contributed by atoms with Crippen LogP contribution in [0.25, 0.3) is 21.7 Å². The molecule has 0 aliphatic heterocycles. The van der Waals surface area contributed by atoms with Crippen molar-refractivity contribution >= 4 is 27.7 Å². The summed E-state index contributed by atoms with van der Waals surface area (Å²) in [5.41, 5.74) is 1.59. The van der Waals surface area contributed by atoms with Gasteiger partial charge in [0.2, 0.25) is 5.88 Å². The number of carbonyl (C=O) groups is 1. The van der Waals surface area contributed by atoms with Crippen LogP contribution in [0.3, 0.4) is 0 Å². The number of aliphatic hydroxyl groups excluding tert-OH is 1. The van der Waals surface area contributed by atoms with E-state index in [0.717, 1.165) is 6.42 Å². The van der Waals surface area contributed by atoms with Crippen LogP contribution in [0.2, 0.25) is 0 Å². The van der Waals surface area contributed by atoms with Crippen LogP contribution in [0, 0.1) is 11.7 Å². The molecule has 0 radical (unpaired) electrons. The average molecular weight is 643 g/mol. The molecule has 47 heavy (non-hydrogen) atoms. The number of nitrogens with one attached hydrogen (secondary N) is 1. The van der Waals surface area contributed by atoms with Gasteiger partial charge in [-0.1, -0.05) is 50.3 Å². The summed E-state index contributed by atoms with van der Waals surface area (Å²) in [5.74, 6) is -0.103. The highest BCUT2D eigenvalue weighted by molar-refractivity contribution is 6.16. The fourth-order valence-corrected chi connectivity index (χ4v) is 6.60. The summed E-state index contributed by atoms with van der Waals surface area (Å²) in [6, 6.07) is 14.4. The van der Waals surface area contributed by atoms with E-state index in [-0.39, 0.29) is 53.7 Å². The van der Waals surface area contributed by atoms with Crippen LogP contribution < -0.4 is 14.8 Å². The third kappa shape index (κ3) is 7.18. The summed E-state index contributed by atoms with van der Waals surface area (Å²) in [5, 5.41) is 36.2. The molecule has 1 aliphatic carbocycles. The number of rotatable bonds is 14. The Balaban J connectivity index is 1.35. The summed E-state index contributed by atoms with van der Waals surface area (Å²) < 4.78 is 32.0. The molecule has 0 saturated heterocycles. The number of carboxylic acid groups (broad SMARTS) is 1. The molecule has 2 heterocycles. The van der Waals surface area contributed by atoms with E-state index in [0.29, 0.717) is 52.2 Å². The van der Waals surface area contributed by atoms with Crippen molar-refractivity contribution in [2.24, 2.45) is 5.92 Å². The summed E-state index contributed by atoms with van der Waals surface area (Å²) in [4.78, 5) is 16.7. The van der Waals surface area contributed by atoms with Crippen LogP contribution in [0.15, 0.2) is 71.5 Å². The predicted molar refractivity (Wildman–Crippen MR) is 176 cm³/mol. The summed E-state index contributed by atoms with van der Waals surface area (Å²) in [7, 11) is 0. The van der Waals surface area contributed by atoms with E-state index in [1.54, 1.807) is 54.7 Å². The van der Waals surface area contributed by atoms with Gasteiger partial charge in [-0.15, -0.1) is 0 Å². The minimum absolute atomic E-state index is 0.109. The molecule has 0 amide bonds. The topological polar surface area (TPSA) is 134 Å². The maximum atomic E-state index is 14.1. The van der Waals surface area contributed by atoms with Gasteiger partial charge in [0.15, 0.2) is 0 Å². The van der Waals surface area contributed by atoms with E-state index in [9.17, 15) is 24.5 Å². The van der Waals surface area contributed by atoms with Gasteiger partial charge in [0, 0.05) is 47.0 Å². The number of benzene rings is 3. The van der Waals surface area contributed by atoms with Crippen molar-refractivity contribution in [2.45, 2.75) is 51.0 Å². The lowest BCUT2D eigenvalue weighted by atomic mass is 9.87. The number of hydrogen-bond acceptors (Lipinski definition) is 8. The molecule has 9 nitrogen and oxygen atoms in total. The number of halogens is 1. The number of pyridine rings is 1. The van der Waals surface area contributed by atoms with Crippen molar-refractivity contribution in [1.82, 2.24) is 10.3 Å². The lowest BCUT2D eigenvalue weighted by molar-refractivity contribution is 0.0698. The molecule has 246 valence electrons. The zero-order chi connectivity index (χ0) is 32.8. The molecule has 1 atom stereocenters. The first-order valence-corrected chi connectivity index (χ1v) is 16.2. The fraction of sp³-hybridized carbons (Fsp3) is 0.351. The zero-order valence-corrected chi connectivity index (χ0v) is 26.1. The highest BCUT2D eigenvalue weighted by atomic mass is 19.1. The van der Waals surface area contributed by atoms with Gasteiger partial charge in [0.25, 0.3) is 0 Å². The average Bonchev–Trinajstić information content (AvgIpc) is 3.53. The maximum Gasteiger partial charge on any atom is 0.339 e. The monoisotopic (exact) mass is 642 g/mol. The number of carboxylic acids is 1. The van der Waals surface area contributed by atoms with Crippen LogP contribution in [0.4, 0.5) is 4.39 Å². The first-order valence-electron chi connectivity index (χ1n) is 16.2. The normalized spacial score (nSPS) is 14.4. The van der Waals surface area contributed by atoms with Gasteiger partial charge < -0.3 is 34.5 Å². The molecule has 1 unspecified atom stereocenters. The molecule has 4 N–H and O–H groups in total. The Morgan fingerprint density at radius 1 is 1.04 bits per heavy atom. The zero-order valence-electron chi connectivity index (χ0n) is 26.1. The van der Waals surface area contributed by atoms with E-state index in [4.69, 9.17) is 13.9 Å². The second kappa shape index (κ2) is 14.8. The van der Waals surface area contributed by atoms with E-state index in [2.05, 4.69) is 10.3 Å². The lowest BCUT2D eigenvalue weighted by Gasteiger charge is -2.23. The molecule has 0 bridgehead atoms. The highest BCUT2D eigenvalue weighted by Crippen LogP contribution is 2.45.